The van der Waals surface area contributed by atoms with E-state index in [0.29, 0.717) is 0 Å². The molecule has 4 aromatic heterocycles. The number of thiophene rings is 1. The van der Waals surface area contributed by atoms with Crippen molar-refractivity contribution >= 4 is 126 Å². The predicted molar refractivity (Wildman–Crippen MR) is 317 cm³/mol. The average molecular weight is 981 g/mol. The Hall–Kier alpha value is -6.76. The molecular formula is C68H61BN2O2S. The lowest BCUT2D eigenvalue weighted by Gasteiger charge is -2.42. The third-order valence-corrected chi connectivity index (χ3v) is 20.4. The van der Waals surface area contributed by atoms with E-state index >= 15 is 0 Å². The molecule has 0 bridgehead atoms. The van der Waals surface area contributed by atoms with Crippen molar-refractivity contribution in [1.82, 2.24) is 4.57 Å². The maximum absolute atomic E-state index is 7.24. The minimum Gasteiger partial charge on any atom is -0.456 e. The van der Waals surface area contributed by atoms with Crippen molar-refractivity contribution in [2.45, 2.75) is 129 Å². The van der Waals surface area contributed by atoms with E-state index in [4.69, 9.17) is 8.83 Å². The number of hydrogen-bond donors (Lipinski definition) is 0. The fraction of sp³-hybridized carbons (Fsp3) is 0.294. The van der Waals surface area contributed by atoms with Crippen molar-refractivity contribution < 1.29 is 8.83 Å². The summed E-state index contributed by atoms with van der Waals surface area (Å²) < 4.78 is 19.5. The molecule has 0 radical (unpaired) electrons. The maximum Gasteiger partial charge on any atom is 0.333 e. The normalized spacial score (nSPS) is 18.1. The fourth-order valence-corrected chi connectivity index (χ4v) is 16.1. The first-order chi connectivity index (χ1) is 35.3. The topological polar surface area (TPSA) is 34.5 Å². The second-order valence-electron chi connectivity index (χ2n) is 26.5. The van der Waals surface area contributed by atoms with E-state index < -0.39 is 0 Å². The summed E-state index contributed by atoms with van der Waals surface area (Å²) in [5.74, 6) is 0. The molecule has 0 saturated heterocycles. The summed E-state index contributed by atoms with van der Waals surface area (Å²) in [6.07, 6.45) is 4.63. The quantitative estimate of drug-likeness (QED) is 0.154. The molecular weight excluding hydrogens is 920 g/mol. The zero-order chi connectivity index (χ0) is 50.5. The molecule has 6 heteroatoms. The Morgan fingerprint density at radius 1 is 0.514 bits per heavy atom. The van der Waals surface area contributed by atoms with Crippen LogP contribution in [0.15, 0.2) is 130 Å². The van der Waals surface area contributed by atoms with E-state index in [9.17, 15) is 0 Å². The van der Waals surface area contributed by atoms with Gasteiger partial charge < -0.3 is 18.2 Å². The first-order valence-corrected chi connectivity index (χ1v) is 28.0. The van der Waals surface area contributed by atoms with Gasteiger partial charge >= 0.3 is 6.85 Å². The second kappa shape index (κ2) is 13.7. The van der Waals surface area contributed by atoms with Crippen LogP contribution in [0.1, 0.15) is 130 Å². The summed E-state index contributed by atoms with van der Waals surface area (Å²) in [6, 6.07) is 47.4. The minimum absolute atomic E-state index is 0.000675. The highest BCUT2D eigenvalue weighted by atomic mass is 32.1. The molecule has 0 saturated carbocycles. The summed E-state index contributed by atoms with van der Waals surface area (Å²) in [7, 11) is 0. The van der Waals surface area contributed by atoms with Gasteiger partial charge in [-0.1, -0.05) is 131 Å². The van der Waals surface area contributed by atoms with Crippen molar-refractivity contribution in [3.05, 3.63) is 149 Å². The minimum atomic E-state index is -0.181. The molecule has 4 nitrogen and oxygen atoms in total. The SMILES string of the molecule is CC(C)(C)c1ccc(N2B3c4cc5c(cc4-n4c6cc7c(cc6c6c8sc9ccccc9c8c(c3c64)-c3cc4oc6cc8c(cc6c4cc32)C(C)(C)CCC8(C)C)C(C)(C)CCC7(C)C)oc2ccccc25)cc1. The highest BCUT2D eigenvalue weighted by Gasteiger charge is 2.48. The molecule has 0 atom stereocenters. The molecule has 0 spiro atoms. The van der Waals surface area contributed by atoms with Gasteiger partial charge in [0.2, 0.25) is 0 Å². The molecule has 8 aromatic carbocycles. The predicted octanol–water partition coefficient (Wildman–Crippen LogP) is 18.2. The number of furan rings is 2. The molecule has 4 aliphatic rings. The lowest BCUT2D eigenvalue weighted by Crippen LogP contribution is -2.60. The van der Waals surface area contributed by atoms with Gasteiger partial charge in [0.15, 0.2) is 0 Å². The van der Waals surface area contributed by atoms with Crippen molar-refractivity contribution in [2.75, 3.05) is 4.81 Å². The molecule has 364 valence electrons. The Kier molecular flexibility index (Phi) is 8.10. The smallest absolute Gasteiger partial charge is 0.333 e. The van der Waals surface area contributed by atoms with Crippen LogP contribution in [0.2, 0.25) is 0 Å². The second-order valence-corrected chi connectivity index (χ2v) is 27.6. The molecule has 0 unspecified atom stereocenters. The Bertz CT molecular complexity index is 4540. The van der Waals surface area contributed by atoms with Crippen molar-refractivity contribution in [3.63, 3.8) is 0 Å². The monoisotopic (exact) mass is 980 g/mol. The zero-order valence-corrected chi connectivity index (χ0v) is 45.4. The summed E-state index contributed by atoms with van der Waals surface area (Å²) in [5, 5.41) is 10.1. The van der Waals surface area contributed by atoms with E-state index in [1.165, 1.54) is 120 Å². The molecule has 12 aromatic rings. The molecule has 0 N–H and O–H groups in total. The number of hydrogen-bond acceptors (Lipinski definition) is 4. The van der Waals surface area contributed by atoms with Gasteiger partial charge in [0.25, 0.3) is 0 Å². The summed E-state index contributed by atoms with van der Waals surface area (Å²) in [6.45, 7) is 26.4. The van der Waals surface area contributed by atoms with Crippen LogP contribution in [-0.2, 0) is 27.1 Å². The van der Waals surface area contributed by atoms with E-state index in [0.717, 1.165) is 58.8 Å². The van der Waals surface area contributed by atoms with Crippen LogP contribution in [0.25, 0.3) is 103 Å². The molecule has 0 fully saturated rings. The molecule has 2 aliphatic heterocycles. The fourth-order valence-electron chi connectivity index (χ4n) is 14.8. The van der Waals surface area contributed by atoms with Gasteiger partial charge in [-0.25, -0.2) is 0 Å². The molecule has 16 rings (SSSR count). The van der Waals surface area contributed by atoms with Gasteiger partial charge in [-0.3, -0.25) is 0 Å². The van der Waals surface area contributed by atoms with E-state index in [1.807, 2.05) is 11.3 Å². The van der Waals surface area contributed by atoms with Crippen LogP contribution in [0, 0.1) is 0 Å². The third kappa shape index (κ3) is 5.50. The van der Waals surface area contributed by atoms with Crippen LogP contribution in [0.3, 0.4) is 0 Å². The highest BCUT2D eigenvalue weighted by Crippen LogP contribution is 2.57. The highest BCUT2D eigenvalue weighted by molar-refractivity contribution is 7.27. The number of para-hydroxylation sites is 1. The van der Waals surface area contributed by atoms with Gasteiger partial charge in [-0.05, 0) is 158 Å². The first kappa shape index (κ1) is 43.6. The lowest BCUT2D eigenvalue weighted by molar-refractivity contribution is 0.332. The first-order valence-electron chi connectivity index (χ1n) is 27.2. The third-order valence-electron chi connectivity index (χ3n) is 19.2. The van der Waals surface area contributed by atoms with Crippen LogP contribution in [0.4, 0.5) is 11.4 Å². The van der Waals surface area contributed by atoms with Crippen LogP contribution >= 0.6 is 11.3 Å². The van der Waals surface area contributed by atoms with E-state index in [2.05, 4.69) is 207 Å². The van der Waals surface area contributed by atoms with Gasteiger partial charge in [0.1, 0.15) is 22.3 Å². The van der Waals surface area contributed by atoms with Crippen LogP contribution < -0.4 is 15.7 Å². The Labute approximate surface area is 437 Å². The molecule has 0 amide bonds. The summed E-state index contributed by atoms with van der Waals surface area (Å²) >= 11 is 1.97. The summed E-state index contributed by atoms with van der Waals surface area (Å²) in [4.78, 5) is 2.72. The Morgan fingerprint density at radius 3 is 1.78 bits per heavy atom. The van der Waals surface area contributed by atoms with E-state index in [1.54, 1.807) is 0 Å². The Morgan fingerprint density at radius 2 is 1.08 bits per heavy atom. The van der Waals surface area contributed by atoms with Crippen molar-refractivity contribution in [3.8, 4) is 16.8 Å². The molecule has 74 heavy (non-hydrogen) atoms. The van der Waals surface area contributed by atoms with Crippen LogP contribution in [-0.4, -0.2) is 11.4 Å². The van der Waals surface area contributed by atoms with E-state index in [-0.39, 0.29) is 33.9 Å². The molecule has 2 aliphatic carbocycles. The largest absolute Gasteiger partial charge is 0.456 e. The number of rotatable bonds is 1. The van der Waals surface area contributed by atoms with Gasteiger partial charge in [0.05, 0.1) is 11.0 Å². The van der Waals surface area contributed by atoms with Crippen molar-refractivity contribution in [1.29, 1.82) is 0 Å². The zero-order valence-electron chi connectivity index (χ0n) is 44.6. The van der Waals surface area contributed by atoms with Gasteiger partial charge in [0, 0.05) is 81.2 Å². The van der Waals surface area contributed by atoms with Crippen molar-refractivity contribution in [2.24, 2.45) is 0 Å². The maximum atomic E-state index is 7.24. The molecule has 6 heterocycles. The number of nitrogens with zero attached hydrogens (tertiary/aromatic N) is 2. The number of aromatic nitrogens is 1. The Balaban J connectivity index is 1.13. The number of benzene rings is 8. The van der Waals surface area contributed by atoms with Gasteiger partial charge in [-0.2, -0.15) is 0 Å². The average Bonchev–Trinajstić information content (AvgIpc) is 4.19. The number of anilines is 2. The van der Waals surface area contributed by atoms with Crippen LogP contribution in [0.5, 0.6) is 0 Å². The summed E-state index contributed by atoms with van der Waals surface area (Å²) in [5.41, 5.74) is 22.5. The van der Waals surface area contributed by atoms with Gasteiger partial charge in [-0.15, -0.1) is 11.3 Å². The standard InChI is InChI=1S/C68H61BN2O2S/c1-64(2,3)36-20-22-37(23-21-36)71-51-31-42-40-28-45-48(68(10,11)27-25-65(45,4)5)34-55(40)73-54(42)32-44(51)58-59-39-17-13-15-19-57(39)74-63(59)60-43-29-46-47(67(8,9)26-24-66(46,6)7)33-50(43)70-52-35-56-41(38-16-12-14-18-53(38)72-56)30-49(52)69(71)61(58)62(60)70/h12-23,28-35H,24-27H2,1-11H3. The lowest BCUT2D eigenvalue weighted by atomic mass is 9.43. The number of fused-ring (bicyclic) bond motifs is 21.